The molecule has 2 rings (SSSR count). The van der Waals surface area contributed by atoms with Crippen LogP contribution in [0.1, 0.15) is 16.7 Å². The molecule has 2 aromatic rings. The summed E-state index contributed by atoms with van der Waals surface area (Å²) < 4.78 is 0. The lowest BCUT2D eigenvalue weighted by Crippen LogP contribution is -2.20. The summed E-state index contributed by atoms with van der Waals surface area (Å²) in [4.78, 5) is 4.08. The van der Waals surface area contributed by atoms with E-state index >= 15 is 0 Å². The quantitative estimate of drug-likeness (QED) is 0.849. The molecule has 0 spiro atoms. The van der Waals surface area contributed by atoms with E-state index in [1.807, 2.05) is 23.6 Å². The molecule has 2 atom stereocenters. The summed E-state index contributed by atoms with van der Waals surface area (Å²) in [5.74, 6) is 0. The normalized spacial score (nSPS) is 14.6. The van der Waals surface area contributed by atoms with Gasteiger partial charge in [-0.15, -0.1) is 11.3 Å². The Morgan fingerprint density at radius 3 is 2.56 bits per heavy atom. The second-order valence-corrected chi connectivity index (χ2v) is 4.53. The molecule has 16 heavy (non-hydrogen) atoms. The van der Waals surface area contributed by atoms with Crippen LogP contribution in [0, 0.1) is 0 Å². The SMILES string of the molecule is OC(Cc1nccs1)C(O)c1ccccc1. The number of rotatable bonds is 4. The number of hydrogen-bond donors (Lipinski definition) is 2. The highest BCUT2D eigenvalue weighted by molar-refractivity contribution is 7.09. The summed E-state index contributed by atoms with van der Waals surface area (Å²) in [7, 11) is 0. The van der Waals surface area contributed by atoms with Gasteiger partial charge in [-0.1, -0.05) is 30.3 Å². The number of aliphatic hydroxyl groups excluding tert-OH is 2. The minimum atomic E-state index is -0.856. The van der Waals surface area contributed by atoms with Crippen molar-refractivity contribution in [3.05, 3.63) is 52.5 Å². The lowest BCUT2D eigenvalue weighted by molar-refractivity contribution is 0.0189. The van der Waals surface area contributed by atoms with Gasteiger partial charge in [0.1, 0.15) is 6.10 Å². The lowest BCUT2D eigenvalue weighted by Gasteiger charge is -2.16. The zero-order chi connectivity index (χ0) is 11.4. The van der Waals surface area contributed by atoms with Crippen LogP contribution in [0.4, 0.5) is 0 Å². The second kappa shape index (κ2) is 5.21. The predicted molar refractivity (Wildman–Crippen MR) is 63.2 cm³/mol. The van der Waals surface area contributed by atoms with Crippen molar-refractivity contribution in [3.8, 4) is 0 Å². The fourth-order valence-corrected chi connectivity index (χ4v) is 2.18. The highest BCUT2D eigenvalue weighted by Crippen LogP contribution is 2.20. The van der Waals surface area contributed by atoms with E-state index in [2.05, 4.69) is 4.98 Å². The molecule has 0 aliphatic carbocycles. The van der Waals surface area contributed by atoms with Crippen LogP contribution in [0.15, 0.2) is 41.9 Å². The molecule has 0 aliphatic heterocycles. The molecule has 0 bridgehead atoms. The largest absolute Gasteiger partial charge is 0.390 e. The Morgan fingerprint density at radius 2 is 1.94 bits per heavy atom. The number of aliphatic hydroxyl groups is 2. The predicted octanol–water partition coefficient (Wildman–Crippen LogP) is 1.78. The summed E-state index contributed by atoms with van der Waals surface area (Å²) in [6.07, 6.45) is 0.411. The molecular formula is C12H13NO2S. The number of hydrogen-bond acceptors (Lipinski definition) is 4. The van der Waals surface area contributed by atoms with Gasteiger partial charge in [-0.3, -0.25) is 0 Å². The van der Waals surface area contributed by atoms with Gasteiger partial charge in [0, 0.05) is 18.0 Å². The molecule has 3 nitrogen and oxygen atoms in total. The van der Waals surface area contributed by atoms with E-state index in [4.69, 9.17) is 0 Å². The van der Waals surface area contributed by atoms with Crippen LogP contribution < -0.4 is 0 Å². The average Bonchev–Trinajstić information content (AvgIpc) is 2.82. The summed E-state index contributed by atoms with van der Waals surface area (Å²) in [6, 6.07) is 9.16. The average molecular weight is 235 g/mol. The van der Waals surface area contributed by atoms with Gasteiger partial charge in [0.25, 0.3) is 0 Å². The zero-order valence-electron chi connectivity index (χ0n) is 8.65. The van der Waals surface area contributed by atoms with Crippen LogP contribution in [0.2, 0.25) is 0 Å². The first-order valence-corrected chi connectivity index (χ1v) is 5.95. The number of thiazole rings is 1. The molecule has 84 valence electrons. The van der Waals surface area contributed by atoms with E-state index in [1.165, 1.54) is 11.3 Å². The highest BCUT2D eigenvalue weighted by atomic mass is 32.1. The first-order chi connectivity index (χ1) is 7.77. The molecule has 4 heteroatoms. The summed E-state index contributed by atoms with van der Waals surface area (Å²) in [5.41, 5.74) is 0.728. The Balaban J connectivity index is 2.02. The third-order valence-electron chi connectivity index (χ3n) is 2.37. The van der Waals surface area contributed by atoms with Crippen LogP contribution in [0.25, 0.3) is 0 Å². The maximum Gasteiger partial charge on any atom is 0.105 e. The fraction of sp³-hybridized carbons (Fsp3) is 0.250. The third kappa shape index (κ3) is 2.66. The standard InChI is InChI=1S/C12H13NO2S/c14-10(8-11-13-6-7-16-11)12(15)9-4-2-1-3-5-9/h1-7,10,12,14-15H,8H2. The second-order valence-electron chi connectivity index (χ2n) is 3.55. The third-order valence-corrected chi connectivity index (χ3v) is 3.17. The van der Waals surface area contributed by atoms with E-state index in [-0.39, 0.29) is 0 Å². The number of nitrogens with zero attached hydrogens (tertiary/aromatic N) is 1. The zero-order valence-corrected chi connectivity index (χ0v) is 9.47. The molecule has 0 saturated heterocycles. The Morgan fingerprint density at radius 1 is 1.19 bits per heavy atom. The Bertz CT molecular complexity index is 416. The topological polar surface area (TPSA) is 53.4 Å². The Kier molecular flexibility index (Phi) is 3.66. The molecule has 2 unspecified atom stereocenters. The molecule has 1 aromatic heterocycles. The fourth-order valence-electron chi connectivity index (χ4n) is 1.52. The van der Waals surface area contributed by atoms with Crippen LogP contribution in [-0.4, -0.2) is 21.3 Å². The van der Waals surface area contributed by atoms with E-state index in [9.17, 15) is 10.2 Å². The molecule has 0 radical (unpaired) electrons. The van der Waals surface area contributed by atoms with E-state index in [0.717, 1.165) is 10.6 Å². The van der Waals surface area contributed by atoms with Crippen molar-refractivity contribution in [2.45, 2.75) is 18.6 Å². The molecule has 0 amide bonds. The molecule has 2 N–H and O–H groups in total. The number of aromatic nitrogens is 1. The van der Waals surface area contributed by atoms with E-state index in [1.54, 1.807) is 18.3 Å². The van der Waals surface area contributed by atoms with Crippen LogP contribution in [0.5, 0.6) is 0 Å². The Hall–Kier alpha value is -1.23. The smallest absolute Gasteiger partial charge is 0.105 e. The molecule has 0 fully saturated rings. The minimum Gasteiger partial charge on any atom is -0.390 e. The van der Waals surface area contributed by atoms with Gasteiger partial charge in [0.05, 0.1) is 11.1 Å². The van der Waals surface area contributed by atoms with Crippen molar-refractivity contribution in [1.82, 2.24) is 4.98 Å². The van der Waals surface area contributed by atoms with Crippen LogP contribution >= 0.6 is 11.3 Å². The van der Waals surface area contributed by atoms with Crippen LogP contribution in [0.3, 0.4) is 0 Å². The lowest BCUT2D eigenvalue weighted by atomic mass is 10.0. The molecule has 0 aliphatic rings. The maximum atomic E-state index is 9.91. The van der Waals surface area contributed by atoms with E-state index < -0.39 is 12.2 Å². The Labute approximate surface area is 98.0 Å². The van der Waals surface area contributed by atoms with Crippen molar-refractivity contribution >= 4 is 11.3 Å². The molecule has 1 heterocycles. The van der Waals surface area contributed by atoms with Crippen molar-refractivity contribution in [1.29, 1.82) is 0 Å². The molecular weight excluding hydrogens is 222 g/mol. The van der Waals surface area contributed by atoms with Crippen molar-refractivity contribution < 1.29 is 10.2 Å². The molecule has 1 aromatic carbocycles. The monoisotopic (exact) mass is 235 g/mol. The summed E-state index contributed by atoms with van der Waals surface area (Å²) in [6.45, 7) is 0. The molecule has 0 saturated carbocycles. The van der Waals surface area contributed by atoms with Crippen molar-refractivity contribution in [3.63, 3.8) is 0 Å². The van der Waals surface area contributed by atoms with Gasteiger partial charge in [-0.25, -0.2) is 4.98 Å². The van der Waals surface area contributed by atoms with Crippen molar-refractivity contribution in [2.75, 3.05) is 0 Å². The van der Waals surface area contributed by atoms with Crippen LogP contribution in [-0.2, 0) is 6.42 Å². The number of benzene rings is 1. The maximum absolute atomic E-state index is 9.91. The van der Waals surface area contributed by atoms with Gasteiger partial charge in [0.15, 0.2) is 0 Å². The van der Waals surface area contributed by atoms with Gasteiger partial charge in [0.2, 0.25) is 0 Å². The van der Waals surface area contributed by atoms with Gasteiger partial charge in [-0.2, -0.15) is 0 Å². The summed E-state index contributed by atoms with van der Waals surface area (Å²) in [5, 5.41) is 22.5. The first kappa shape index (κ1) is 11.3. The van der Waals surface area contributed by atoms with Gasteiger partial charge >= 0.3 is 0 Å². The first-order valence-electron chi connectivity index (χ1n) is 5.07. The minimum absolute atomic E-state index is 0.383. The summed E-state index contributed by atoms with van der Waals surface area (Å²) >= 11 is 1.48. The van der Waals surface area contributed by atoms with E-state index in [0.29, 0.717) is 6.42 Å². The van der Waals surface area contributed by atoms with Gasteiger partial charge < -0.3 is 10.2 Å². The van der Waals surface area contributed by atoms with Crippen molar-refractivity contribution in [2.24, 2.45) is 0 Å². The highest BCUT2D eigenvalue weighted by Gasteiger charge is 2.19. The van der Waals surface area contributed by atoms with Gasteiger partial charge in [-0.05, 0) is 5.56 Å².